The molecule has 1 saturated heterocycles. The summed E-state index contributed by atoms with van der Waals surface area (Å²) in [5, 5.41) is 2.35. The largest absolute Gasteiger partial charge is 0.356 e. The van der Waals surface area contributed by atoms with E-state index in [0.717, 1.165) is 6.07 Å². The lowest BCUT2D eigenvalue weighted by molar-refractivity contribution is 0.102. The number of pyridine rings is 1. The molecule has 2 aromatic rings. The van der Waals surface area contributed by atoms with Gasteiger partial charge in [0.1, 0.15) is 5.82 Å². The summed E-state index contributed by atoms with van der Waals surface area (Å²) in [6, 6.07) is 4.40. The van der Waals surface area contributed by atoms with Crippen LogP contribution in [0.15, 0.2) is 30.5 Å². The summed E-state index contributed by atoms with van der Waals surface area (Å²) in [5.41, 5.74) is -0.411. The van der Waals surface area contributed by atoms with Gasteiger partial charge < -0.3 is 10.2 Å². The highest BCUT2D eigenvalue weighted by Crippen LogP contribution is 2.23. The van der Waals surface area contributed by atoms with Crippen molar-refractivity contribution < 1.29 is 26.4 Å². The van der Waals surface area contributed by atoms with E-state index in [4.69, 9.17) is 0 Å². The number of rotatable bonds is 4. The molecule has 0 aliphatic carbocycles. The molecule has 1 aliphatic heterocycles. The van der Waals surface area contributed by atoms with Crippen LogP contribution in [0.5, 0.6) is 0 Å². The van der Waals surface area contributed by atoms with Crippen LogP contribution in [0, 0.1) is 17.5 Å². The number of anilines is 2. The number of carbonyl (C=O) groups excluding carboxylic acids is 1. The lowest BCUT2D eigenvalue weighted by atomic mass is 10.2. The molecule has 0 saturated carbocycles. The van der Waals surface area contributed by atoms with Crippen LogP contribution >= 0.6 is 0 Å². The fourth-order valence-corrected chi connectivity index (χ4v) is 4.61. The van der Waals surface area contributed by atoms with Gasteiger partial charge in [-0.15, -0.1) is 0 Å². The van der Waals surface area contributed by atoms with Gasteiger partial charge >= 0.3 is 0 Å². The van der Waals surface area contributed by atoms with Gasteiger partial charge in [-0.2, -0.15) is 0 Å². The number of aromatic nitrogens is 1. The van der Waals surface area contributed by atoms with Gasteiger partial charge in [0.15, 0.2) is 27.3 Å². The molecule has 1 atom stereocenters. The first-order valence-corrected chi connectivity index (χ1v) is 9.84. The average molecular weight is 399 g/mol. The zero-order chi connectivity index (χ0) is 19.8. The van der Waals surface area contributed by atoms with Gasteiger partial charge in [-0.05, 0) is 30.7 Å². The molecule has 1 aromatic carbocycles. The third-order valence-electron chi connectivity index (χ3n) is 4.40. The van der Waals surface area contributed by atoms with Crippen molar-refractivity contribution in [3.05, 3.63) is 53.5 Å². The van der Waals surface area contributed by atoms with Crippen molar-refractivity contribution in [1.29, 1.82) is 0 Å². The van der Waals surface area contributed by atoms with Gasteiger partial charge in [0.2, 0.25) is 0 Å². The van der Waals surface area contributed by atoms with E-state index in [0.29, 0.717) is 18.3 Å². The van der Waals surface area contributed by atoms with Crippen molar-refractivity contribution in [2.45, 2.75) is 12.5 Å². The highest BCUT2D eigenvalue weighted by atomic mass is 32.2. The smallest absolute Gasteiger partial charge is 0.258 e. The van der Waals surface area contributed by atoms with Crippen LogP contribution in [0.3, 0.4) is 0 Å². The Morgan fingerprint density at radius 2 is 1.93 bits per heavy atom. The summed E-state index contributed by atoms with van der Waals surface area (Å²) in [6.45, 7) is 0. The molecule has 1 unspecified atom stereocenters. The Kier molecular flexibility index (Phi) is 5.09. The minimum absolute atomic E-state index is 0.0546. The van der Waals surface area contributed by atoms with E-state index in [1.807, 2.05) is 0 Å². The molecule has 10 heteroatoms. The van der Waals surface area contributed by atoms with Crippen LogP contribution < -0.4 is 10.2 Å². The van der Waals surface area contributed by atoms with Crippen LogP contribution in [0.4, 0.5) is 24.7 Å². The normalized spacial score (nSPS) is 18.3. The number of nitrogens with one attached hydrogen (secondary N) is 1. The average Bonchev–Trinajstić information content (AvgIpc) is 2.99. The second kappa shape index (κ2) is 7.18. The predicted octanol–water partition coefficient (Wildman–Crippen LogP) is 2.37. The summed E-state index contributed by atoms with van der Waals surface area (Å²) in [5.74, 6) is -4.92. The molecule has 0 bridgehead atoms. The lowest BCUT2D eigenvalue weighted by Gasteiger charge is -2.24. The molecular weight excluding hydrogens is 383 g/mol. The van der Waals surface area contributed by atoms with Crippen molar-refractivity contribution >= 4 is 27.2 Å². The molecule has 0 radical (unpaired) electrons. The second-order valence-electron chi connectivity index (χ2n) is 6.25. The lowest BCUT2D eigenvalue weighted by Crippen LogP contribution is -2.33. The Hall–Kier alpha value is -2.62. The Labute approximate surface area is 153 Å². The third-order valence-corrected chi connectivity index (χ3v) is 6.15. The van der Waals surface area contributed by atoms with Crippen LogP contribution in [0.1, 0.15) is 16.8 Å². The first-order chi connectivity index (χ1) is 12.7. The van der Waals surface area contributed by atoms with Gasteiger partial charge in [-0.25, -0.2) is 26.6 Å². The van der Waals surface area contributed by atoms with Gasteiger partial charge in [-0.1, -0.05) is 0 Å². The minimum atomic E-state index is -3.03. The fraction of sp³-hybridized carbons (Fsp3) is 0.294. The van der Waals surface area contributed by atoms with Gasteiger partial charge in [-0.3, -0.25) is 4.79 Å². The maximum Gasteiger partial charge on any atom is 0.258 e. The van der Waals surface area contributed by atoms with Crippen LogP contribution in [0.2, 0.25) is 0 Å². The molecule has 1 aromatic heterocycles. The monoisotopic (exact) mass is 399 g/mol. The Morgan fingerprint density at radius 1 is 1.19 bits per heavy atom. The number of sulfone groups is 1. The molecular formula is C17H16F3N3O3S. The summed E-state index contributed by atoms with van der Waals surface area (Å²) < 4.78 is 63.0. The van der Waals surface area contributed by atoms with E-state index in [1.54, 1.807) is 18.0 Å². The maximum atomic E-state index is 13.7. The van der Waals surface area contributed by atoms with E-state index in [2.05, 4.69) is 10.3 Å². The maximum absolute atomic E-state index is 13.7. The molecule has 0 spiro atoms. The molecule has 1 aliphatic rings. The van der Waals surface area contributed by atoms with E-state index < -0.39 is 38.8 Å². The van der Waals surface area contributed by atoms with Crippen LogP contribution in [0.25, 0.3) is 0 Å². The standard InChI is InChI=1S/C17H16F3N3O3S/c1-23(11-6-7-27(25,26)9-11)14-5-2-10(8-21-14)22-17(24)12-3-4-13(18)16(20)15(12)19/h2-5,8,11H,6-7,9H2,1H3,(H,22,24). The minimum Gasteiger partial charge on any atom is -0.356 e. The van der Waals surface area contributed by atoms with Crippen molar-refractivity contribution in [2.75, 3.05) is 28.8 Å². The van der Waals surface area contributed by atoms with E-state index in [9.17, 15) is 26.4 Å². The molecule has 2 heterocycles. The quantitative estimate of drug-likeness (QED) is 0.799. The number of hydrogen-bond acceptors (Lipinski definition) is 5. The van der Waals surface area contributed by atoms with Gasteiger partial charge in [0.25, 0.3) is 5.91 Å². The number of benzene rings is 1. The topological polar surface area (TPSA) is 79.4 Å². The fourth-order valence-electron chi connectivity index (χ4n) is 2.84. The number of halogens is 3. The first-order valence-electron chi connectivity index (χ1n) is 8.02. The molecule has 1 N–H and O–H groups in total. The first kappa shape index (κ1) is 19.2. The highest BCUT2D eigenvalue weighted by Gasteiger charge is 2.31. The van der Waals surface area contributed by atoms with Gasteiger partial charge in [0.05, 0.1) is 29.0 Å². The number of amides is 1. The zero-order valence-corrected chi connectivity index (χ0v) is 15.1. The summed E-state index contributed by atoms with van der Waals surface area (Å²) in [7, 11) is -1.31. The molecule has 27 heavy (non-hydrogen) atoms. The SMILES string of the molecule is CN(c1ccc(NC(=O)c2ccc(F)c(F)c2F)cn1)C1CCS(=O)(=O)C1. The molecule has 3 rings (SSSR count). The van der Waals surface area contributed by atoms with Gasteiger partial charge in [0, 0.05) is 13.1 Å². The summed E-state index contributed by atoms with van der Waals surface area (Å²) in [6.07, 6.45) is 1.82. The summed E-state index contributed by atoms with van der Waals surface area (Å²) in [4.78, 5) is 18.0. The Balaban J connectivity index is 1.71. The third kappa shape index (κ3) is 4.05. The zero-order valence-electron chi connectivity index (χ0n) is 14.2. The van der Waals surface area contributed by atoms with Crippen LogP contribution in [-0.4, -0.2) is 43.9 Å². The Morgan fingerprint density at radius 3 is 2.52 bits per heavy atom. The van der Waals surface area contributed by atoms with Crippen molar-refractivity contribution in [1.82, 2.24) is 4.98 Å². The molecule has 1 amide bonds. The highest BCUT2D eigenvalue weighted by molar-refractivity contribution is 7.91. The van der Waals surface area contributed by atoms with Crippen molar-refractivity contribution in [3.8, 4) is 0 Å². The molecule has 144 valence electrons. The number of carbonyl (C=O) groups is 1. The number of hydrogen-bond donors (Lipinski definition) is 1. The van der Waals surface area contributed by atoms with Crippen molar-refractivity contribution in [2.24, 2.45) is 0 Å². The van der Waals surface area contributed by atoms with E-state index in [-0.39, 0.29) is 23.2 Å². The molecule has 6 nitrogen and oxygen atoms in total. The molecule has 1 fully saturated rings. The Bertz CT molecular complexity index is 981. The second-order valence-corrected chi connectivity index (χ2v) is 8.48. The van der Waals surface area contributed by atoms with Crippen LogP contribution in [-0.2, 0) is 9.84 Å². The van der Waals surface area contributed by atoms with Crippen molar-refractivity contribution in [3.63, 3.8) is 0 Å². The van der Waals surface area contributed by atoms with E-state index in [1.165, 1.54) is 12.3 Å². The summed E-state index contributed by atoms with van der Waals surface area (Å²) >= 11 is 0. The predicted molar refractivity (Wildman–Crippen MR) is 94.0 cm³/mol. The number of nitrogens with zero attached hydrogens (tertiary/aromatic N) is 2. The van der Waals surface area contributed by atoms with E-state index >= 15 is 0 Å².